The van der Waals surface area contributed by atoms with Crippen LogP contribution >= 0.6 is 0 Å². The van der Waals surface area contributed by atoms with Crippen molar-refractivity contribution in [2.24, 2.45) is 5.10 Å². The zero-order valence-electron chi connectivity index (χ0n) is 8.17. The minimum atomic E-state index is 0.834. The Hall–Kier alpha value is -2.18. The Bertz CT molecular complexity index is 421. The normalized spacial score (nSPS) is 9.87. The van der Waals surface area contributed by atoms with Crippen molar-refractivity contribution in [2.75, 3.05) is 0 Å². The maximum absolute atomic E-state index is 4.02. The molecule has 72 valence electrons. The molecular formula is C13H10N2. The Labute approximate surface area is 89.3 Å². The summed E-state index contributed by atoms with van der Waals surface area (Å²) in [7, 11) is 0. The van der Waals surface area contributed by atoms with Gasteiger partial charge in [-0.15, -0.1) is 5.69 Å². The lowest BCUT2D eigenvalue weighted by Crippen LogP contribution is -1.77. The standard InChI is InChI=1S/C13H10N2/c1-3-7-12(8-4-1)11-14-15-13-9-5-2-6-10-13/h1-10H. The van der Waals surface area contributed by atoms with E-state index >= 15 is 0 Å². The van der Waals surface area contributed by atoms with Gasteiger partial charge < -0.3 is 5.43 Å². The molecule has 0 N–H and O–H groups in total. The van der Waals surface area contributed by atoms with E-state index in [1.165, 1.54) is 0 Å². The van der Waals surface area contributed by atoms with Crippen LogP contribution < -0.4 is 0 Å². The number of hydrogen-bond donors (Lipinski definition) is 0. The second-order valence-corrected chi connectivity index (χ2v) is 3.01. The van der Waals surface area contributed by atoms with Crippen LogP contribution in [-0.2, 0) is 0 Å². The first kappa shape index (κ1) is 9.38. The van der Waals surface area contributed by atoms with Crippen molar-refractivity contribution in [1.29, 1.82) is 0 Å². The van der Waals surface area contributed by atoms with Crippen LogP contribution in [0.15, 0.2) is 65.8 Å². The van der Waals surface area contributed by atoms with E-state index in [1.54, 1.807) is 0 Å². The molecule has 0 saturated carbocycles. The Kier molecular flexibility index (Phi) is 3.06. The molecule has 0 heterocycles. The fourth-order valence-corrected chi connectivity index (χ4v) is 1.15. The molecule has 0 aromatic heterocycles. The molecule has 0 amide bonds. The SMILES string of the molecule is [C+](=N[N-]c1ccccc1)c1ccccc1. The molecule has 0 unspecified atom stereocenters. The molecule has 0 fully saturated rings. The third kappa shape index (κ3) is 2.90. The second-order valence-electron chi connectivity index (χ2n) is 3.01. The van der Waals surface area contributed by atoms with Gasteiger partial charge in [-0.3, -0.25) is 0 Å². The van der Waals surface area contributed by atoms with Gasteiger partial charge in [0.2, 0.25) is 5.56 Å². The number of benzene rings is 2. The first-order valence-electron chi connectivity index (χ1n) is 4.72. The maximum Gasteiger partial charge on any atom is 0.207 e. The molecule has 0 spiro atoms. The Morgan fingerprint density at radius 2 is 1.40 bits per heavy atom. The Morgan fingerprint density at radius 3 is 2.07 bits per heavy atom. The van der Waals surface area contributed by atoms with Crippen LogP contribution in [0, 0.1) is 0 Å². The van der Waals surface area contributed by atoms with Crippen LogP contribution in [0.2, 0.25) is 0 Å². The molecule has 2 heteroatoms. The van der Waals surface area contributed by atoms with Crippen LogP contribution in [-0.4, -0.2) is 6.21 Å². The predicted molar refractivity (Wildman–Crippen MR) is 62.4 cm³/mol. The van der Waals surface area contributed by atoms with Gasteiger partial charge >= 0.3 is 0 Å². The summed E-state index contributed by atoms with van der Waals surface area (Å²) >= 11 is 0. The van der Waals surface area contributed by atoms with Gasteiger partial charge in [0.15, 0.2) is 0 Å². The van der Waals surface area contributed by atoms with Crippen molar-refractivity contribution in [1.82, 2.24) is 0 Å². The summed E-state index contributed by atoms with van der Waals surface area (Å²) < 4.78 is 0. The lowest BCUT2D eigenvalue weighted by molar-refractivity contribution is 1.46. The molecule has 0 radical (unpaired) electrons. The summed E-state index contributed by atoms with van der Waals surface area (Å²) in [6, 6.07) is 19.3. The highest BCUT2D eigenvalue weighted by Crippen LogP contribution is 2.16. The molecule has 2 aromatic carbocycles. The fourth-order valence-electron chi connectivity index (χ4n) is 1.15. The van der Waals surface area contributed by atoms with E-state index in [0.717, 1.165) is 11.3 Å². The zero-order valence-corrected chi connectivity index (χ0v) is 8.17. The monoisotopic (exact) mass is 194 g/mol. The van der Waals surface area contributed by atoms with Gasteiger partial charge in [0.25, 0.3) is 0 Å². The van der Waals surface area contributed by atoms with Gasteiger partial charge in [-0.2, -0.15) is 0 Å². The van der Waals surface area contributed by atoms with Crippen LogP contribution in [0.1, 0.15) is 5.56 Å². The van der Waals surface area contributed by atoms with E-state index in [1.807, 2.05) is 60.7 Å². The molecular weight excluding hydrogens is 184 g/mol. The third-order valence-corrected chi connectivity index (χ3v) is 1.87. The van der Waals surface area contributed by atoms with Gasteiger partial charge in [0.05, 0.1) is 12.1 Å². The molecule has 0 bridgehead atoms. The molecule has 2 rings (SSSR count). The molecule has 0 aliphatic heterocycles. The van der Waals surface area contributed by atoms with Crippen LogP contribution in [0.3, 0.4) is 0 Å². The first-order valence-corrected chi connectivity index (χ1v) is 4.72. The highest BCUT2D eigenvalue weighted by Gasteiger charge is 1.92. The Balaban J connectivity index is 1.97. The summed E-state index contributed by atoms with van der Waals surface area (Å²) in [6.07, 6.45) is 2.85. The van der Waals surface area contributed by atoms with E-state index in [4.69, 9.17) is 0 Å². The van der Waals surface area contributed by atoms with Crippen molar-refractivity contribution in [3.8, 4) is 0 Å². The van der Waals surface area contributed by atoms with E-state index < -0.39 is 0 Å². The largest absolute Gasteiger partial charge is 0.553 e. The average Bonchev–Trinajstić information content (AvgIpc) is 2.32. The quantitative estimate of drug-likeness (QED) is 0.405. The number of nitrogens with zero attached hydrogens (tertiary/aromatic N) is 2. The number of rotatable bonds is 3. The highest BCUT2D eigenvalue weighted by atomic mass is 15.3. The zero-order chi connectivity index (χ0) is 10.3. The van der Waals surface area contributed by atoms with Crippen molar-refractivity contribution < 1.29 is 0 Å². The van der Waals surface area contributed by atoms with Crippen molar-refractivity contribution in [3.05, 3.63) is 71.7 Å². The van der Waals surface area contributed by atoms with E-state index in [2.05, 4.69) is 16.7 Å². The topological polar surface area (TPSA) is 26.5 Å². The molecule has 2 nitrogen and oxygen atoms in total. The highest BCUT2D eigenvalue weighted by molar-refractivity contribution is 5.80. The molecule has 0 atom stereocenters. The minimum Gasteiger partial charge on any atom is -0.553 e. The van der Waals surface area contributed by atoms with Gasteiger partial charge in [-0.25, -0.2) is 5.10 Å². The molecule has 0 saturated heterocycles. The number of hydrogen-bond acceptors (Lipinski definition) is 1. The Morgan fingerprint density at radius 1 is 0.800 bits per heavy atom. The van der Waals surface area contributed by atoms with Gasteiger partial charge in [-0.1, -0.05) is 30.3 Å². The fraction of sp³-hybridized carbons (Fsp3) is 0. The van der Waals surface area contributed by atoms with Crippen LogP contribution in [0.4, 0.5) is 5.69 Å². The summed E-state index contributed by atoms with van der Waals surface area (Å²) in [6.45, 7) is 0. The molecule has 15 heavy (non-hydrogen) atoms. The summed E-state index contributed by atoms with van der Waals surface area (Å²) in [4.78, 5) is 0. The summed E-state index contributed by atoms with van der Waals surface area (Å²) in [5, 5.41) is 3.89. The summed E-state index contributed by atoms with van der Waals surface area (Å²) in [5.74, 6) is 0. The van der Waals surface area contributed by atoms with E-state index in [-0.39, 0.29) is 0 Å². The third-order valence-electron chi connectivity index (χ3n) is 1.87. The summed E-state index contributed by atoms with van der Waals surface area (Å²) in [5.41, 5.74) is 5.78. The van der Waals surface area contributed by atoms with Gasteiger partial charge in [0.1, 0.15) is 6.21 Å². The smallest absolute Gasteiger partial charge is 0.207 e. The van der Waals surface area contributed by atoms with E-state index in [0.29, 0.717) is 0 Å². The van der Waals surface area contributed by atoms with Crippen molar-refractivity contribution in [2.45, 2.75) is 0 Å². The lowest BCUT2D eigenvalue weighted by Gasteiger charge is -2.10. The molecule has 0 aliphatic rings. The van der Waals surface area contributed by atoms with Gasteiger partial charge in [0, 0.05) is 0 Å². The van der Waals surface area contributed by atoms with E-state index in [9.17, 15) is 0 Å². The minimum absolute atomic E-state index is 0.834. The first-order chi connectivity index (χ1) is 7.45. The van der Waals surface area contributed by atoms with Crippen molar-refractivity contribution >= 4 is 11.9 Å². The second kappa shape index (κ2) is 4.89. The van der Waals surface area contributed by atoms with Crippen molar-refractivity contribution in [3.63, 3.8) is 0 Å². The predicted octanol–water partition coefficient (Wildman–Crippen LogP) is 3.60. The maximum atomic E-state index is 4.02. The van der Waals surface area contributed by atoms with Gasteiger partial charge in [-0.05, 0) is 18.2 Å². The average molecular weight is 194 g/mol. The molecule has 2 aromatic rings. The van der Waals surface area contributed by atoms with Crippen LogP contribution in [0.25, 0.3) is 5.43 Å². The molecule has 0 aliphatic carbocycles. The van der Waals surface area contributed by atoms with Crippen LogP contribution in [0.5, 0.6) is 0 Å². The lowest BCUT2D eigenvalue weighted by atomic mass is 10.2.